The van der Waals surface area contributed by atoms with Crippen LogP contribution in [0.1, 0.15) is 10.4 Å². The fraction of sp³-hybridized carbons (Fsp3) is 0. The van der Waals surface area contributed by atoms with Gasteiger partial charge in [0.05, 0.1) is 27.1 Å². The maximum absolute atomic E-state index is 11.0. The smallest absolute Gasteiger partial charge is 0.335 e. The molecule has 0 aliphatic carbocycles. The maximum atomic E-state index is 11.0. The molecule has 0 saturated carbocycles. The highest BCUT2D eigenvalue weighted by Crippen LogP contribution is 2.29. The minimum Gasteiger partial charge on any atom is -0.478 e. The number of aromatic nitrogens is 2. The lowest BCUT2D eigenvalue weighted by Crippen LogP contribution is -1.94. The lowest BCUT2D eigenvalue weighted by Gasteiger charge is -1.98. The summed E-state index contributed by atoms with van der Waals surface area (Å²) in [6.45, 7) is 0. The number of nitro groups is 1. The number of carboxylic acids is 1. The van der Waals surface area contributed by atoms with Crippen LogP contribution in [0.2, 0.25) is 0 Å². The summed E-state index contributed by atoms with van der Waals surface area (Å²) in [6.07, 6.45) is 0. The molecule has 0 aliphatic rings. The van der Waals surface area contributed by atoms with Crippen LogP contribution in [0, 0.1) is 10.1 Å². The Morgan fingerprint density at radius 2 is 2.00 bits per heavy atom. The van der Waals surface area contributed by atoms with Crippen LogP contribution in [-0.4, -0.2) is 26.0 Å². The molecule has 0 bridgehead atoms. The lowest BCUT2D eigenvalue weighted by atomic mass is 10.2. The number of hydrogen-bond acceptors (Lipinski definition) is 4. The molecule has 7 heteroatoms. The number of carbonyl (C=O) groups is 1. The molecule has 0 atom stereocenters. The molecule has 2 N–H and O–H groups in total. The first kappa shape index (κ1) is 12.8. The third-order valence-corrected chi connectivity index (χ3v) is 3.08. The number of H-pyrrole nitrogens is 1. The van der Waals surface area contributed by atoms with Crippen molar-refractivity contribution in [2.45, 2.75) is 0 Å². The van der Waals surface area contributed by atoms with Crippen molar-refractivity contribution >= 4 is 22.7 Å². The fourth-order valence-electron chi connectivity index (χ4n) is 2.10. The quantitative estimate of drug-likeness (QED) is 0.567. The predicted octanol–water partition coefficient (Wildman–Crippen LogP) is 2.84. The van der Waals surface area contributed by atoms with Crippen LogP contribution in [0.15, 0.2) is 42.5 Å². The Morgan fingerprint density at radius 3 is 2.71 bits per heavy atom. The molecule has 0 fully saturated rings. The van der Waals surface area contributed by atoms with Gasteiger partial charge in [-0.25, -0.2) is 9.78 Å². The molecular formula is C14H9N3O4. The summed E-state index contributed by atoms with van der Waals surface area (Å²) in [4.78, 5) is 28.7. The van der Waals surface area contributed by atoms with Gasteiger partial charge in [0.25, 0.3) is 5.69 Å². The number of imidazole rings is 1. The molecule has 104 valence electrons. The average molecular weight is 283 g/mol. The molecule has 0 saturated heterocycles. The third-order valence-electron chi connectivity index (χ3n) is 3.08. The summed E-state index contributed by atoms with van der Waals surface area (Å²) in [5, 5.41) is 20.0. The van der Waals surface area contributed by atoms with E-state index in [0.29, 0.717) is 22.4 Å². The van der Waals surface area contributed by atoms with Gasteiger partial charge in [0.1, 0.15) is 5.82 Å². The number of aromatic carboxylic acids is 1. The van der Waals surface area contributed by atoms with Gasteiger partial charge in [-0.05, 0) is 24.3 Å². The fourth-order valence-corrected chi connectivity index (χ4v) is 2.10. The van der Waals surface area contributed by atoms with Crippen LogP contribution in [0.25, 0.3) is 22.4 Å². The molecule has 2 aromatic carbocycles. The van der Waals surface area contributed by atoms with E-state index in [2.05, 4.69) is 9.97 Å². The second-order valence-corrected chi connectivity index (χ2v) is 4.40. The monoisotopic (exact) mass is 283 g/mol. The molecule has 3 rings (SSSR count). The van der Waals surface area contributed by atoms with Gasteiger partial charge in [-0.1, -0.05) is 12.1 Å². The zero-order valence-electron chi connectivity index (χ0n) is 10.6. The minimum absolute atomic E-state index is 0.0602. The second-order valence-electron chi connectivity index (χ2n) is 4.40. The van der Waals surface area contributed by atoms with Crippen molar-refractivity contribution in [3.8, 4) is 11.4 Å². The second kappa shape index (κ2) is 4.71. The molecule has 0 amide bonds. The molecule has 1 aromatic heterocycles. The Morgan fingerprint density at radius 1 is 1.24 bits per heavy atom. The van der Waals surface area contributed by atoms with Crippen molar-refractivity contribution < 1.29 is 14.8 Å². The summed E-state index contributed by atoms with van der Waals surface area (Å²) in [5.41, 5.74) is 1.49. The largest absolute Gasteiger partial charge is 0.478 e. The van der Waals surface area contributed by atoms with E-state index in [0.717, 1.165) is 0 Å². The van der Waals surface area contributed by atoms with Gasteiger partial charge in [0, 0.05) is 6.07 Å². The average Bonchev–Trinajstić information content (AvgIpc) is 2.89. The Kier molecular flexibility index (Phi) is 2.87. The topological polar surface area (TPSA) is 109 Å². The molecule has 0 spiro atoms. The summed E-state index contributed by atoms with van der Waals surface area (Å²) in [5.74, 6) is -0.710. The van der Waals surface area contributed by atoms with E-state index in [4.69, 9.17) is 5.11 Å². The highest BCUT2D eigenvalue weighted by Gasteiger charge is 2.17. The highest BCUT2D eigenvalue weighted by molar-refractivity contribution is 5.93. The number of nitrogens with zero attached hydrogens (tertiary/aromatic N) is 2. The van der Waals surface area contributed by atoms with Crippen molar-refractivity contribution in [3.05, 3.63) is 58.1 Å². The maximum Gasteiger partial charge on any atom is 0.335 e. The molecule has 0 unspecified atom stereocenters. The summed E-state index contributed by atoms with van der Waals surface area (Å²) in [7, 11) is 0. The summed E-state index contributed by atoms with van der Waals surface area (Å²) >= 11 is 0. The minimum atomic E-state index is -1.04. The number of nitro benzene ring substituents is 1. The molecule has 0 aliphatic heterocycles. The Hall–Kier alpha value is -3.22. The van der Waals surface area contributed by atoms with Crippen LogP contribution in [0.5, 0.6) is 0 Å². The number of aromatic amines is 1. The molecule has 3 aromatic rings. The van der Waals surface area contributed by atoms with Crippen molar-refractivity contribution in [3.63, 3.8) is 0 Å². The van der Waals surface area contributed by atoms with Crippen LogP contribution in [0.3, 0.4) is 0 Å². The number of fused-ring (bicyclic) bond motifs is 1. The predicted molar refractivity (Wildman–Crippen MR) is 75.1 cm³/mol. The zero-order valence-corrected chi connectivity index (χ0v) is 10.6. The third kappa shape index (κ3) is 2.20. The number of rotatable bonds is 3. The van der Waals surface area contributed by atoms with Gasteiger partial charge in [-0.15, -0.1) is 0 Å². The molecule has 1 heterocycles. The van der Waals surface area contributed by atoms with Crippen molar-refractivity contribution in [2.24, 2.45) is 0 Å². The van der Waals surface area contributed by atoms with E-state index < -0.39 is 10.9 Å². The molecule has 7 nitrogen and oxygen atoms in total. The first-order valence-corrected chi connectivity index (χ1v) is 6.03. The van der Waals surface area contributed by atoms with Crippen molar-refractivity contribution in [1.29, 1.82) is 0 Å². The SMILES string of the molecule is O=C(O)c1ccc2nc(-c3ccccc3[N+](=O)[O-])[nH]c2c1. The van der Waals surface area contributed by atoms with E-state index in [9.17, 15) is 14.9 Å². The van der Waals surface area contributed by atoms with Crippen LogP contribution < -0.4 is 0 Å². The zero-order chi connectivity index (χ0) is 15.0. The summed E-state index contributed by atoms with van der Waals surface area (Å²) < 4.78 is 0. The van der Waals surface area contributed by atoms with E-state index in [-0.39, 0.29) is 11.3 Å². The number of carboxylic acid groups (broad SMARTS) is 1. The van der Waals surface area contributed by atoms with Crippen molar-refractivity contribution in [1.82, 2.24) is 9.97 Å². The van der Waals surface area contributed by atoms with Gasteiger partial charge >= 0.3 is 5.97 Å². The van der Waals surface area contributed by atoms with Gasteiger partial charge in [0.2, 0.25) is 0 Å². The molecule has 0 radical (unpaired) electrons. The van der Waals surface area contributed by atoms with Crippen LogP contribution >= 0.6 is 0 Å². The Balaban J connectivity index is 2.18. The van der Waals surface area contributed by atoms with Gasteiger partial charge < -0.3 is 10.1 Å². The number of benzene rings is 2. The Labute approximate surface area is 118 Å². The van der Waals surface area contributed by atoms with Crippen molar-refractivity contribution in [2.75, 3.05) is 0 Å². The lowest BCUT2D eigenvalue weighted by molar-refractivity contribution is -0.384. The first-order chi connectivity index (χ1) is 10.1. The normalized spacial score (nSPS) is 10.7. The Bertz CT molecular complexity index is 870. The van der Waals surface area contributed by atoms with E-state index in [1.807, 2.05) is 0 Å². The van der Waals surface area contributed by atoms with Gasteiger partial charge in [-0.3, -0.25) is 10.1 Å². The van der Waals surface area contributed by atoms with Gasteiger partial charge in [0.15, 0.2) is 0 Å². The van der Waals surface area contributed by atoms with Crippen LogP contribution in [0.4, 0.5) is 5.69 Å². The number of nitrogens with one attached hydrogen (secondary N) is 1. The molecular weight excluding hydrogens is 274 g/mol. The van der Waals surface area contributed by atoms with E-state index >= 15 is 0 Å². The summed E-state index contributed by atoms with van der Waals surface area (Å²) in [6, 6.07) is 10.7. The standard InChI is InChI=1S/C14H9N3O4/c18-14(19)8-5-6-10-11(7-8)16-13(15-10)9-3-1-2-4-12(9)17(20)21/h1-7H,(H,15,16)(H,18,19). The van der Waals surface area contributed by atoms with Crippen LogP contribution in [-0.2, 0) is 0 Å². The first-order valence-electron chi connectivity index (χ1n) is 6.03. The van der Waals surface area contributed by atoms with E-state index in [1.54, 1.807) is 24.3 Å². The highest BCUT2D eigenvalue weighted by atomic mass is 16.6. The van der Waals surface area contributed by atoms with E-state index in [1.165, 1.54) is 18.2 Å². The number of para-hydroxylation sites is 1. The molecule has 21 heavy (non-hydrogen) atoms. The number of hydrogen-bond donors (Lipinski definition) is 2. The van der Waals surface area contributed by atoms with Gasteiger partial charge in [-0.2, -0.15) is 0 Å².